The maximum absolute atomic E-state index is 11.8. The average molecular weight is 292 g/mol. The van der Waals surface area contributed by atoms with Gasteiger partial charge in [0.05, 0.1) is 14.2 Å². The molecule has 1 fully saturated rings. The largest absolute Gasteiger partial charge is 0.497 e. The van der Waals surface area contributed by atoms with E-state index >= 15 is 0 Å². The van der Waals surface area contributed by atoms with Crippen LogP contribution in [0.2, 0.25) is 0 Å². The van der Waals surface area contributed by atoms with Crippen LogP contribution in [0.15, 0.2) is 24.3 Å². The lowest BCUT2D eigenvalue weighted by Crippen LogP contribution is -2.41. The van der Waals surface area contributed by atoms with Gasteiger partial charge in [-0.05, 0) is 43.5 Å². The molecule has 0 saturated heterocycles. The van der Waals surface area contributed by atoms with Crippen molar-refractivity contribution in [2.45, 2.75) is 31.3 Å². The first-order chi connectivity index (χ1) is 10.1. The van der Waals surface area contributed by atoms with Crippen molar-refractivity contribution in [2.24, 2.45) is 0 Å². The molecule has 21 heavy (non-hydrogen) atoms. The number of anilines is 1. The predicted molar refractivity (Wildman–Crippen MR) is 82.8 cm³/mol. The van der Waals surface area contributed by atoms with Crippen molar-refractivity contribution in [3.8, 4) is 5.75 Å². The number of ether oxygens (including phenoxy) is 2. The van der Waals surface area contributed by atoms with Crippen molar-refractivity contribution in [2.75, 3.05) is 32.7 Å². The highest BCUT2D eigenvalue weighted by molar-refractivity contribution is 5.75. The molecule has 0 aliphatic heterocycles. The van der Waals surface area contributed by atoms with Gasteiger partial charge >= 0.3 is 5.97 Å². The molecule has 1 N–H and O–H groups in total. The monoisotopic (exact) mass is 292 g/mol. The molecule has 1 saturated carbocycles. The Balaban J connectivity index is 1.87. The highest BCUT2D eigenvalue weighted by atomic mass is 16.5. The second kappa shape index (κ2) is 7.31. The number of hydrogen-bond donors (Lipinski definition) is 1. The van der Waals surface area contributed by atoms with E-state index in [-0.39, 0.29) is 12.0 Å². The second-order valence-electron chi connectivity index (χ2n) is 5.42. The molecule has 0 aromatic heterocycles. The Bertz CT molecular complexity index is 457. The zero-order valence-corrected chi connectivity index (χ0v) is 13.0. The van der Waals surface area contributed by atoms with Crippen molar-refractivity contribution < 1.29 is 14.3 Å². The molecule has 1 aliphatic rings. The minimum atomic E-state index is -0.219. The Morgan fingerprint density at radius 1 is 1.33 bits per heavy atom. The third-order valence-electron chi connectivity index (χ3n) is 3.77. The number of hydrogen-bond acceptors (Lipinski definition) is 5. The first-order valence-corrected chi connectivity index (χ1v) is 7.33. The number of nitrogens with one attached hydrogen (secondary N) is 1. The van der Waals surface area contributed by atoms with Crippen molar-refractivity contribution in [1.29, 1.82) is 0 Å². The second-order valence-corrected chi connectivity index (χ2v) is 5.42. The number of esters is 1. The normalized spacial score (nSPS) is 15.4. The van der Waals surface area contributed by atoms with Crippen LogP contribution in [0.25, 0.3) is 0 Å². The van der Waals surface area contributed by atoms with Crippen LogP contribution in [0.5, 0.6) is 5.75 Å². The third-order valence-corrected chi connectivity index (χ3v) is 3.77. The number of carbonyl (C=O) groups excluding carboxylic acids is 1. The molecule has 5 heteroatoms. The molecular formula is C16H24N2O3. The Morgan fingerprint density at radius 2 is 2.00 bits per heavy atom. The van der Waals surface area contributed by atoms with E-state index in [1.54, 1.807) is 7.11 Å². The summed E-state index contributed by atoms with van der Waals surface area (Å²) in [5.74, 6) is 0.667. The lowest BCUT2D eigenvalue weighted by atomic mass is 10.2. The van der Waals surface area contributed by atoms with E-state index in [2.05, 4.69) is 10.2 Å². The van der Waals surface area contributed by atoms with Crippen LogP contribution in [0.1, 0.15) is 19.3 Å². The highest BCUT2D eigenvalue weighted by Crippen LogP contribution is 2.21. The van der Waals surface area contributed by atoms with Gasteiger partial charge in [0.15, 0.2) is 0 Å². The summed E-state index contributed by atoms with van der Waals surface area (Å²) in [5, 5.41) is 3.35. The van der Waals surface area contributed by atoms with E-state index in [9.17, 15) is 4.79 Å². The van der Waals surface area contributed by atoms with E-state index in [0.29, 0.717) is 6.04 Å². The first kappa shape index (κ1) is 15.6. The maximum atomic E-state index is 11.8. The fourth-order valence-corrected chi connectivity index (χ4v) is 2.23. The molecule has 1 atom stereocenters. The Labute approximate surface area is 126 Å². The predicted octanol–water partition coefficient (Wildman–Crippen LogP) is 1.82. The molecule has 1 aliphatic carbocycles. The van der Waals surface area contributed by atoms with Crippen molar-refractivity contribution >= 4 is 11.7 Å². The summed E-state index contributed by atoms with van der Waals surface area (Å²) in [5.41, 5.74) is 1.10. The van der Waals surface area contributed by atoms with E-state index in [0.717, 1.165) is 37.2 Å². The van der Waals surface area contributed by atoms with Gasteiger partial charge in [-0.3, -0.25) is 4.79 Å². The topological polar surface area (TPSA) is 50.8 Å². The minimum absolute atomic E-state index is 0.176. The first-order valence-electron chi connectivity index (χ1n) is 7.33. The van der Waals surface area contributed by atoms with Gasteiger partial charge in [0.1, 0.15) is 11.8 Å². The van der Waals surface area contributed by atoms with Crippen molar-refractivity contribution in [3.05, 3.63) is 24.3 Å². The Hall–Kier alpha value is -1.75. The van der Waals surface area contributed by atoms with Gasteiger partial charge < -0.3 is 19.7 Å². The minimum Gasteiger partial charge on any atom is -0.497 e. The molecule has 0 spiro atoms. The SMILES string of the molecule is COC(=O)C(CCN(C)c1ccc(OC)cc1)NC1CC1. The molecule has 1 aromatic carbocycles. The number of nitrogens with zero attached hydrogens (tertiary/aromatic N) is 1. The van der Waals surface area contributed by atoms with Gasteiger partial charge in [-0.1, -0.05) is 0 Å². The van der Waals surface area contributed by atoms with E-state index in [1.807, 2.05) is 31.3 Å². The smallest absolute Gasteiger partial charge is 0.322 e. The summed E-state index contributed by atoms with van der Waals surface area (Å²) < 4.78 is 10.0. The van der Waals surface area contributed by atoms with Crippen LogP contribution in [-0.2, 0) is 9.53 Å². The highest BCUT2D eigenvalue weighted by Gasteiger charge is 2.28. The summed E-state index contributed by atoms with van der Waals surface area (Å²) in [6, 6.07) is 8.17. The van der Waals surface area contributed by atoms with Crippen LogP contribution >= 0.6 is 0 Å². The fraction of sp³-hybridized carbons (Fsp3) is 0.562. The third kappa shape index (κ3) is 4.63. The summed E-state index contributed by atoms with van der Waals surface area (Å²) in [7, 11) is 5.12. The van der Waals surface area contributed by atoms with Crippen LogP contribution in [0.4, 0.5) is 5.69 Å². The summed E-state index contributed by atoms with van der Waals surface area (Å²) >= 11 is 0. The Morgan fingerprint density at radius 3 is 2.52 bits per heavy atom. The van der Waals surface area contributed by atoms with Gasteiger partial charge in [0, 0.05) is 25.3 Å². The zero-order valence-electron chi connectivity index (χ0n) is 13.0. The van der Waals surface area contributed by atoms with Crippen LogP contribution in [0, 0.1) is 0 Å². The standard InChI is InChI=1S/C16H24N2O3/c1-18(13-6-8-14(20-2)9-7-13)11-10-15(16(19)21-3)17-12-4-5-12/h6-9,12,15,17H,4-5,10-11H2,1-3H3. The van der Waals surface area contributed by atoms with Gasteiger partial charge in [-0.25, -0.2) is 0 Å². The number of carbonyl (C=O) groups is 1. The van der Waals surface area contributed by atoms with Gasteiger partial charge in [0.25, 0.3) is 0 Å². The summed E-state index contributed by atoms with van der Waals surface area (Å²) in [6.07, 6.45) is 3.04. The lowest BCUT2D eigenvalue weighted by molar-refractivity contribution is -0.143. The maximum Gasteiger partial charge on any atom is 0.322 e. The molecule has 1 unspecified atom stereocenters. The van der Waals surface area contributed by atoms with Crippen molar-refractivity contribution in [3.63, 3.8) is 0 Å². The van der Waals surface area contributed by atoms with Crippen molar-refractivity contribution in [1.82, 2.24) is 5.32 Å². The lowest BCUT2D eigenvalue weighted by Gasteiger charge is -2.23. The van der Waals surface area contributed by atoms with E-state index in [1.165, 1.54) is 7.11 Å². The molecule has 2 rings (SSSR count). The number of rotatable bonds is 8. The molecule has 0 heterocycles. The molecule has 0 bridgehead atoms. The number of methoxy groups -OCH3 is 2. The quantitative estimate of drug-likeness (QED) is 0.741. The van der Waals surface area contributed by atoms with E-state index in [4.69, 9.17) is 9.47 Å². The molecule has 0 amide bonds. The van der Waals surface area contributed by atoms with Gasteiger partial charge in [0.2, 0.25) is 0 Å². The molecule has 1 aromatic rings. The summed E-state index contributed by atoms with van der Waals surface area (Å²) in [6.45, 7) is 0.784. The molecule has 116 valence electrons. The zero-order chi connectivity index (χ0) is 15.2. The van der Waals surface area contributed by atoms with Gasteiger partial charge in [-0.2, -0.15) is 0 Å². The Kier molecular flexibility index (Phi) is 5.44. The fourth-order valence-electron chi connectivity index (χ4n) is 2.23. The van der Waals surface area contributed by atoms with Crippen LogP contribution in [-0.4, -0.2) is 45.9 Å². The number of benzene rings is 1. The molecular weight excluding hydrogens is 268 g/mol. The molecule has 0 radical (unpaired) electrons. The average Bonchev–Trinajstić information content (AvgIpc) is 3.34. The van der Waals surface area contributed by atoms with Crippen LogP contribution in [0.3, 0.4) is 0 Å². The molecule has 5 nitrogen and oxygen atoms in total. The summed E-state index contributed by atoms with van der Waals surface area (Å²) in [4.78, 5) is 13.9. The van der Waals surface area contributed by atoms with E-state index < -0.39 is 0 Å². The van der Waals surface area contributed by atoms with Gasteiger partial charge in [-0.15, -0.1) is 0 Å². The van der Waals surface area contributed by atoms with Crippen LogP contribution < -0.4 is 15.0 Å².